The number of aryl methyl sites for hydroxylation is 1. The summed E-state index contributed by atoms with van der Waals surface area (Å²) in [4.78, 5) is 22.6. The Morgan fingerprint density at radius 2 is 2.12 bits per heavy atom. The topological polar surface area (TPSA) is 76.2 Å². The molecule has 1 saturated heterocycles. The van der Waals surface area contributed by atoms with Gasteiger partial charge in [0.05, 0.1) is 30.3 Å². The molecule has 2 atom stereocenters. The number of likely N-dealkylation sites (N-methyl/N-ethyl adjacent to an activating group) is 1. The number of nitrogens with zero attached hydrogens (tertiary/aromatic N) is 4. The predicted octanol–water partition coefficient (Wildman–Crippen LogP) is 2.34. The lowest BCUT2D eigenvalue weighted by Crippen LogP contribution is -2.46. The highest BCUT2D eigenvalue weighted by Gasteiger charge is 2.37. The summed E-state index contributed by atoms with van der Waals surface area (Å²) in [5.74, 6) is 0.136. The number of oxazole rings is 1. The Kier molecular flexibility index (Phi) is 3.48. The number of piperidine rings is 1. The smallest absolute Gasteiger partial charge is 0.295 e. The van der Waals surface area contributed by atoms with Crippen molar-refractivity contribution in [1.29, 1.82) is 0 Å². The average molecular weight is 325 g/mol. The molecule has 4 rings (SSSR count). The fourth-order valence-corrected chi connectivity index (χ4v) is 3.34. The van der Waals surface area contributed by atoms with Gasteiger partial charge in [-0.05, 0) is 18.6 Å². The van der Waals surface area contributed by atoms with Crippen molar-refractivity contribution in [3.8, 4) is 0 Å². The van der Waals surface area contributed by atoms with E-state index < -0.39 is 0 Å². The molecule has 0 unspecified atom stereocenters. The number of likely N-dealkylation sites (tertiary alicyclic amines) is 1. The summed E-state index contributed by atoms with van der Waals surface area (Å²) < 4.78 is 7.73. The van der Waals surface area contributed by atoms with Crippen molar-refractivity contribution in [3.63, 3.8) is 0 Å². The molecule has 1 fully saturated rings. The van der Waals surface area contributed by atoms with Crippen LogP contribution in [-0.2, 0) is 11.8 Å². The molecule has 1 N–H and O–H groups in total. The number of hydrogen-bond donors (Lipinski definition) is 1. The van der Waals surface area contributed by atoms with Crippen molar-refractivity contribution in [1.82, 2.24) is 19.4 Å². The molecule has 0 bridgehead atoms. The number of fused-ring (bicyclic) bond motifs is 1. The van der Waals surface area contributed by atoms with Gasteiger partial charge < -0.3 is 19.2 Å². The van der Waals surface area contributed by atoms with Crippen LogP contribution in [0.15, 0.2) is 41.2 Å². The second-order valence-corrected chi connectivity index (χ2v) is 6.16. The fraction of sp³-hybridized carbons (Fsp3) is 0.353. The maximum absolute atomic E-state index is 12.2. The highest BCUT2D eigenvalue weighted by molar-refractivity contribution is 5.78. The molecule has 0 spiro atoms. The normalized spacial score (nSPS) is 21.4. The van der Waals surface area contributed by atoms with Crippen LogP contribution >= 0.6 is 0 Å². The van der Waals surface area contributed by atoms with E-state index in [0.717, 1.165) is 23.2 Å². The van der Waals surface area contributed by atoms with Crippen LogP contribution in [0.3, 0.4) is 0 Å². The zero-order valence-corrected chi connectivity index (χ0v) is 13.6. The minimum absolute atomic E-state index is 0.0103. The van der Waals surface area contributed by atoms with Crippen molar-refractivity contribution in [2.24, 2.45) is 7.05 Å². The van der Waals surface area contributed by atoms with Gasteiger partial charge in [0.1, 0.15) is 5.52 Å². The number of anilines is 1. The number of amides is 1. The second kappa shape index (κ2) is 5.67. The van der Waals surface area contributed by atoms with Crippen LogP contribution in [0.2, 0.25) is 0 Å². The summed E-state index contributed by atoms with van der Waals surface area (Å²) >= 11 is 0. The van der Waals surface area contributed by atoms with Crippen molar-refractivity contribution < 1.29 is 9.21 Å². The van der Waals surface area contributed by atoms with Crippen LogP contribution in [0.25, 0.3) is 11.1 Å². The number of imidazole rings is 1. The third-order valence-electron chi connectivity index (χ3n) is 4.62. The molecule has 24 heavy (non-hydrogen) atoms. The first kappa shape index (κ1) is 14.7. The number of carbonyl (C=O) groups is 1. The Morgan fingerprint density at radius 1 is 1.29 bits per heavy atom. The van der Waals surface area contributed by atoms with Crippen LogP contribution in [0, 0.1) is 0 Å². The first-order chi connectivity index (χ1) is 11.6. The first-order valence-electron chi connectivity index (χ1n) is 7.97. The second-order valence-electron chi connectivity index (χ2n) is 6.16. The van der Waals surface area contributed by atoms with Gasteiger partial charge in [0.15, 0.2) is 5.58 Å². The van der Waals surface area contributed by atoms with E-state index in [-0.39, 0.29) is 18.0 Å². The summed E-state index contributed by atoms with van der Waals surface area (Å²) in [7, 11) is 3.77. The number of para-hydroxylation sites is 2. The summed E-state index contributed by atoms with van der Waals surface area (Å²) in [6.45, 7) is 0. The van der Waals surface area contributed by atoms with Gasteiger partial charge in [-0.3, -0.25) is 4.79 Å². The monoisotopic (exact) mass is 325 g/mol. The van der Waals surface area contributed by atoms with E-state index in [0.29, 0.717) is 12.4 Å². The Hall–Kier alpha value is -2.83. The van der Waals surface area contributed by atoms with Crippen LogP contribution in [-0.4, -0.2) is 38.4 Å². The molecule has 0 aliphatic carbocycles. The molecule has 0 radical (unpaired) electrons. The van der Waals surface area contributed by atoms with Gasteiger partial charge in [-0.2, -0.15) is 4.98 Å². The number of nitrogens with one attached hydrogen (secondary N) is 1. The zero-order valence-electron chi connectivity index (χ0n) is 13.6. The highest BCUT2D eigenvalue weighted by atomic mass is 16.4. The third kappa shape index (κ3) is 2.42. The molecular formula is C17H19N5O2. The van der Waals surface area contributed by atoms with E-state index in [1.807, 2.05) is 42.9 Å². The van der Waals surface area contributed by atoms with E-state index in [2.05, 4.69) is 15.3 Å². The molecule has 1 aromatic carbocycles. The molecular weight excluding hydrogens is 306 g/mol. The number of hydrogen-bond acceptors (Lipinski definition) is 5. The lowest BCUT2D eigenvalue weighted by atomic mass is 9.94. The van der Waals surface area contributed by atoms with Gasteiger partial charge in [0.25, 0.3) is 6.01 Å². The lowest BCUT2D eigenvalue weighted by Gasteiger charge is -2.39. The minimum Gasteiger partial charge on any atom is -0.424 e. The maximum atomic E-state index is 12.2. The first-order valence-corrected chi connectivity index (χ1v) is 7.97. The SMILES string of the molecule is CN1C(=O)CC[C@@H](Nc2nc3ccccc3o2)[C@@H]1c1cncn1C. The molecule has 124 valence electrons. The highest BCUT2D eigenvalue weighted by Crippen LogP contribution is 2.33. The predicted molar refractivity (Wildman–Crippen MR) is 89.4 cm³/mol. The van der Waals surface area contributed by atoms with Crippen LogP contribution in [0.1, 0.15) is 24.6 Å². The van der Waals surface area contributed by atoms with E-state index in [9.17, 15) is 4.79 Å². The number of carbonyl (C=O) groups excluding carboxylic acids is 1. The number of rotatable bonds is 3. The third-order valence-corrected chi connectivity index (χ3v) is 4.62. The molecule has 7 nitrogen and oxygen atoms in total. The van der Waals surface area contributed by atoms with Gasteiger partial charge in [-0.15, -0.1) is 0 Å². The molecule has 7 heteroatoms. The van der Waals surface area contributed by atoms with E-state index in [4.69, 9.17) is 4.42 Å². The number of aromatic nitrogens is 3. The molecule has 0 saturated carbocycles. The summed E-state index contributed by atoms with van der Waals surface area (Å²) in [6, 6.07) is 8.03. The van der Waals surface area contributed by atoms with Crippen LogP contribution in [0.5, 0.6) is 0 Å². The van der Waals surface area contributed by atoms with Crippen molar-refractivity contribution >= 4 is 23.0 Å². The largest absolute Gasteiger partial charge is 0.424 e. The maximum Gasteiger partial charge on any atom is 0.295 e. The zero-order chi connectivity index (χ0) is 16.7. The summed E-state index contributed by atoms with van der Waals surface area (Å²) in [5.41, 5.74) is 2.55. The van der Waals surface area contributed by atoms with Crippen LogP contribution < -0.4 is 5.32 Å². The van der Waals surface area contributed by atoms with Gasteiger partial charge in [0, 0.05) is 20.5 Å². The van der Waals surface area contributed by atoms with E-state index >= 15 is 0 Å². The molecule has 1 aliphatic rings. The Balaban J connectivity index is 1.66. The Labute approximate surface area is 139 Å². The summed E-state index contributed by atoms with van der Waals surface area (Å²) in [6.07, 6.45) is 4.78. The molecule has 1 amide bonds. The average Bonchev–Trinajstić information content (AvgIpc) is 3.17. The molecule has 3 aromatic rings. The standard InChI is InChI=1S/C17H19N5O2/c1-21-10-18-9-13(21)16-12(7-8-15(23)22(16)2)20-17-19-11-5-3-4-6-14(11)24-17/h3-6,9-10,12,16H,7-8H2,1-2H3,(H,19,20)/t12-,16-/m1/s1. The quantitative estimate of drug-likeness (QED) is 0.800. The summed E-state index contributed by atoms with van der Waals surface area (Å²) in [5, 5.41) is 3.37. The van der Waals surface area contributed by atoms with Crippen molar-refractivity contribution in [2.75, 3.05) is 12.4 Å². The molecule has 3 heterocycles. The van der Waals surface area contributed by atoms with E-state index in [1.165, 1.54) is 0 Å². The van der Waals surface area contributed by atoms with Gasteiger partial charge in [-0.25, -0.2) is 4.98 Å². The minimum atomic E-state index is -0.117. The Morgan fingerprint density at radius 3 is 2.88 bits per heavy atom. The molecule has 2 aromatic heterocycles. The fourth-order valence-electron chi connectivity index (χ4n) is 3.34. The van der Waals surface area contributed by atoms with Gasteiger partial charge >= 0.3 is 0 Å². The number of benzene rings is 1. The van der Waals surface area contributed by atoms with Crippen molar-refractivity contribution in [3.05, 3.63) is 42.5 Å². The molecule has 1 aliphatic heterocycles. The van der Waals surface area contributed by atoms with Crippen LogP contribution in [0.4, 0.5) is 6.01 Å². The lowest BCUT2D eigenvalue weighted by molar-refractivity contribution is -0.135. The van der Waals surface area contributed by atoms with Crippen molar-refractivity contribution in [2.45, 2.75) is 24.9 Å². The Bertz CT molecular complexity index is 851. The van der Waals surface area contributed by atoms with Gasteiger partial charge in [0.2, 0.25) is 5.91 Å². The van der Waals surface area contributed by atoms with Gasteiger partial charge in [-0.1, -0.05) is 12.1 Å². The van der Waals surface area contributed by atoms with E-state index in [1.54, 1.807) is 17.4 Å².